The predicted molar refractivity (Wildman–Crippen MR) is 65.3 cm³/mol. The van der Waals surface area contributed by atoms with Gasteiger partial charge in [-0.25, -0.2) is 0 Å². The smallest absolute Gasteiger partial charge is 0.146 e. The SMILES string of the molecule is CC(C)C(C=O)=Cc1ccc(Cl)c(Cl)c1. The van der Waals surface area contributed by atoms with E-state index in [-0.39, 0.29) is 5.92 Å². The largest absolute Gasteiger partial charge is 0.298 e. The van der Waals surface area contributed by atoms with E-state index < -0.39 is 0 Å². The number of carbonyl (C=O) groups is 1. The molecular formula is C12H12Cl2O. The van der Waals surface area contributed by atoms with Crippen LogP contribution in [0.3, 0.4) is 0 Å². The van der Waals surface area contributed by atoms with Crippen LogP contribution in [-0.2, 0) is 4.79 Å². The van der Waals surface area contributed by atoms with Gasteiger partial charge in [0.05, 0.1) is 10.0 Å². The van der Waals surface area contributed by atoms with Gasteiger partial charge < -0.3 is 0 Å². The Kier molecular flexibility index (Phi) is 4.37. The summed E-state index contributed by atoms with van der Waals surface area (Å²) < 4.78 is 0. The highest BCUT2D eigenvalue weighted by Gasteiger charge is 2.03. The van der Waals surface area contributed by atoms with Crippen molar-refractivity contribution in [1.29, 1.82) is 0 Å². The molecule has 1 aromatic rings. The number of rotatable bonds is 3. The molecule has 0 bridgehead atoms. The van der Waals surface area contributed by atoms with Crippen LogP contribution in [0.5, 0.6) is 0 Å². The average molecular weight is 243 g/mol. The van der Waals surface area contributed by atoms with Crippen LogP contribution in [0, 0.1) is 5.92 Å². The second kappa shape index (κ2) is 5.34. The highest BCUT2D eigenvalue weighted by molar-refractivity contribution is 6.42. The molecule has 15 heavy (non-hydrogen) atoms. The van der Waals surface area contributed by atoms with Crippen molar-refractivity contribution >= 4 is 35.6 Å². The highest BCUT2D eigenvalue weighted by Crippen LogP contribution is 2.24. The maximum absolute atomic E-state index is 10.8. The summed E-state index contributed by atoms with van der Waals surface area (Å²) in [5.74, 6) is 0.206. The van der Waals surface area contributed by atoms with Crippen LogP contribution in [0.25, 0.3) is 6.08 Å². The van der Waals surface area contributed by atoms with E-state index in [4.69, 9.17) is 23.2 Å². The molecule has 0 unspecified atom stereocenters. The Morgan fingerprint density at radius 2 is 1.93 bits per heavy atom. The first-order valence-corrected chi connectivity index (χ1v) is 5.42. The van der Waals surface area contributed by atoms with Gasteiger partial charge in [-0.3, -0.25) is 4.79 Å². The van der Waals surface area contributed by atoms with Crippen LogP contribution in [-0.4, -0.2) is 6.29 Å². The van der Waals surface area contributed by atoms with Crippen LogP contribution in [0.15, 0.2) is 23.8 Å². The second-order valence-corrected chi connectivity index (χ2v) is 4.40. The fourth-order valence-corrected chi connectivity index (χ4v) is 1.44. The number of allylic oxidation sites excluding steroid dienone is 1. The second-order valence-electron chi connectivity index (χ2n) is 3.59. The lowest BCUT2D eigenvalue weighted by Gasteiger charge is -2.04. The van der Waals surface area contributed by atoms with E-state index in [1.165, 1.54) is 0 Å². The summed E-state index contributed by atoms with van der Waals surface area (Å²) in [4.78, 5) is 10.8. The molecule has 80 valence electrons. The van der Waals surface area contributed by atoms with Crippen molar-refractivity contribution in [3.05, 3.63) is 39.4 Å². The lowest BCUT2D eigenvalue weighted by Crippen LogP contribution is -1.94. The third-order valence-electron chi connectivity index (χ3n) is 2.08. The van der Waals surface area contributed by atoms with Crippen LogP contribution < -0.4 is 0 Å². The molecule has 0 aliphatic carbocycles. The quantitative estimate of drug-likeness (QED) is 0.573. The van der Waals surface area contributed by atoms with Gasteiger partial charge in [-0.05, 0) is 35.3 Å². The molecule has 1 nitrogen and oxygen atoms in total. The standard InChI is InChI=1S/C12H12Cl2O/c1-8(2)10(7-15)5-9-3-4-11(13)12(14)6-9/h3-8H,1-2H3. The number of hydrogen-bond donors (Lipinski definition) is 0. The molecule has 0 atom stereocenters. The fraction of sp³-hybridized carbons (Fsp3) is 0.250. The Bertz CT molecular complexity index is 395. The molecule has 0 heterocycles. The Hall–Kier alpha value is -0.790. The van der Waals surface area contributed by atoms with Gasteiger partial charge in [0, 0.05) is 0 Å². The minimum absolute atomic E-state index is 0.206. The molecule has 0 radical (unpaired) electrons. The van der Waals surface area contributed by atoms with Gasteiger partial charge in [0.1, 0.15) is 6.29 Å². The summed E-state index contributed by atoms with van der Waals surface area (Å²) >= 11 is 11.7. The summed E-state index contributed by atoms with van der Waals surface area (Å²) in [6, 6.07) is 5.30. The third kappa shape index (κ3) is 3.37. The van der Waals surface area contributed by atoms with Gasteiger partial charge >= 0.3 is 0 Å². The van der Waals surface area contributed by atoms with Crippen molar-refractivity contribution in [2.24, 2.45) is 5.92 Å². The Labute approximate surface area is 99.7 Å². The van der Waals surface area contributed by atoms with Gasteiger partial charge in [-0.15, -0.1) is 0 Å². The van der Waals surface area contributed by atoms with Crippen LogP contribution >= 0.6 is 23.2 Å². The summed E-state index contributed by atoms with van der Waals surface area (Å²) in [5.41, 5.74) is 1.63. The summed E-state index contributed by atoms with van der Waals surface area (Å²) in [6.07, 6.45) is 2.69. The zero-order chi connectivity index (χ0) is 11.4. The van der Waals surface area contributed by atoms with Gasteiger partial charge in [0.2, 0.25) is 0 Å². The van der Waals surface area contributed by atoms with E-state index in [1.807, 2.05) is 26.0 Å². The van der Waals surface area contributed by atoms with E-state index in [0.29, 0.717) is 10.0 Å². The van der Waals surface area contributed by atoms with Crippen molar-refractivity contribution in [2.45, 2.75) is 13.8 Å². The molecule has 3 heteroatoms. The summed E-state index contributed by atoms with van der Waals surface area (Å²) in [7, 11) is 0. The molecule has 0 amide bonds. The number of halogens is 2. The topological polar surface area (TPSA) is 17.1 Å². The Morgan fingerprint density at radius 1 is 1.27 bits per heavy atom. The zero-order valence-corrected chi connectivity index (χ0v) is 10.1. The first kappa shape index (κ1) is 12.3. The van der Waals surface area contributed by atoms with Gasteiger partial charge in [-0.1, -0.05) is 43.1 Å². The molecule has 0 fully saturated rings. The molecule has 0 saturated heterocycles. The highest BCUT2D eigenvalue weighted by atomic mass is 35.5. The van der Waals surface area contributed by atoms with Crippen LogP contribution in [0.4, 0.5) is 0 Å². The number of carbonyl (C=O) groups excluding carboxylic acids is 1. The molecule has 0 N–H and O–H groups in total. The molecule has 1 aromatic carbocycles. The van der Waals surface area contributed by atoms with E-state index in [0.717, 1.165) is 17.4 Å². The molecular weight excluding hydrogens is 231 g/mol. The lowest BCUT2D eigenvalue weighted by molar-refractivity contribution is -0.105. The van der Waals surface area contributed by atoms with E-state index in [2.05, 4.69) is 0 Å². The van der Waals surface area contributed by atoms with Crippen molar-refractivity contribution in [2.75, 3.05) is 0 Å². The van der Waals surface area contributed by atoms with Crippen molar-refractivity contribution in [1.82, 2.24) is 0 Å². The van der Waals surface area contributed by atoms with E-state index in [9.17, 15) is 4.79 Å². The van der Waals surface area contributed by atoms with Crippen molar-refractivity contribution in [3.63, 3.8) is 0 Å². The summed E-state index contributed by atoms with van der Waals surface area (Å²) in [5, 5.41) is 1.02. The van der Waals surface area contributed by atoms with Gasteiger partial charge in [0.15, 0.2) is 0 Å². The zero-order valence-electron chi connectivity index (χ0n) is 8.63. The first-order chi connectivity index (χ1) is 7.04. The summed E-state index contributed by atoms with van der Waals surface area (Å²) in [6.45, 7) is 3.94. The maximum Gasteiger partial charge on any atom is 0.146 e. The van der Waals surface area contributed by atoms with E-state index in [1.54, 1.807) is 12.1 Å². The maximum atomic E-state index is 10.8. The normalized spacial score (nSPS) is 11.9. The van der Waals surface area contributed by atoms with Crippen molar-refractivity contribution in [3.8, 4) is 0 Å². The third-order valence-corrected chi connectivity index (χ3v) is 2.82. The molecule has 0 aliphatic heterocycles. The monoisotopic (exact) mass is 242 g/mol. The first-order valence-electron chi connectivity index (χ1n) is 4.66. The van der Waals surface area contributed by atoms with Crippen LogP contribution in [0.1, 0.15) is 19.4 Å². The molecule has 0 aromatic heterocycles. The molecule has 0 aliphatic rings. The molecule has 0 saturated carbocycles. The average Bonchev–Trinajstić information content (AvgIpc) is 2.19. The number of benzene rings is 1. The van der Waals surface area contributed by atoms with Crippen LogP contribution in [0.2, 0.25) is 10.0 Å². The molecule has 1 rings (SSSR count). The van der Waals surface area contributed by atoms with Gasteiger partial charge in [0.25, 0.3) is 0 Å². The Balaban J connectivity index is 3.07. The van der Waals surface area contributed by atoms with Crippen molar-refractivity contribution < 1.29 is 4.79 Å². The molecule has 0 spiro atoms. The predicted octanol–water partition coefficient (Wildman–Crippen LogP) is 4.23. The minimum Gasteiger partial charge on any atom is -0.298 e. The lowest BCUT2D eigenvalue weighted by atomic mass is 10.0. The van der Waals surface area contributed by atoms with Gasteiger partial charge in [-0.2, -0.15) is 0 Å². The van der Waals surface area contributed by atoms with E-state index >= 15 is 0 Å². The Morgan fingerprint density at radius 3 is 2.40 bits per heavy atom. The fourth-order valence-electron chi connectivity index (χ4n) is 1.13. The number of hydrogen-bond acceptors (Lipinski definition) is 1. The number of aldehydes is 1. The minimum atomic E-state index is 0.206.